The summed E-state index contributed by atoms with van der Waals surface area (Å²) in [5, 5.41) is 19.5. The van der Waals surface area contributed by atoms with Crippen molar-refractivity contribution in [3.8, 4) is 11.4 Å². The molecule has 0 saturated carbocycles. The molecule has 0 unspecified atom stereocenters. The Morgan fingerprint density at radius 3 is 2.83 bits per heavy atom. The Labute approximate surface area is 154 Å². The third-order valence-corrected chi connectivity index (χ3v) is 5.29. The van der Waals surface area contributed by atoms with Gasteiger partial charge in [0, 0.05) is 10.0 Å². The van der Waals surface area contributed by atoms with Crippen LogP contribution in [0, 0.1) is 0 Å². The number of nitrogens with zero attached hydrogens (tertiary/aromatic N) is 4. The van der Waals surface area contributed by atoms with Gasteiger partial charge in [0.05, 0.1) is 5.75 Å². The smallest absolute Gasteiger partial charge is 0.236 e. The van der Waals surface area contributed by atoms with Crippen molar-refractivity contribution >= 4 is 50.1 Å². The van der Waals surface area contributed by atoms with Crippen LogP contribution in [0.3, 0.4) is 0 Å². The van der Waals surface area contributed by atoms with E-state index in [-0.39, 0.29) is 11.7 Å². The molecule has 0 saturated heterocycles. The normalized spacial score (nSPS) is 10.8. The number of carbonyl (C=O) groups excluding carboxylic acids is 1. The fourth-order valence-corrected chi connectivity index (χ4v) is 3.34. The van der Waals surface area contributed by atoms with Crippen molar-refractivity contribution in [1.29, 1.82) is 0 Å². The summed E-state index contributed by atoms with van der Waals surface area (Å²) in [6.07, 6.45) is 0.804. The Balaban J connectivity index is 1.55. The molecular weight excluding hydrogens is 412 g/mol. The summed E-state index contributed by atoms with van der Waals surface area (Å²) in [6, 6.07) is 7.74. The molecule has 0 aliphatic heterocycles. The van der Waals surface area contributed by atoms with Crippen molar-refractivity contribution < 1.29 is 4.79 Å². The number of aromatic amines is 1. The zero-order chi connectivity index (χ0) is 16.9. The molecule has 0 aliphatic rings. The van der Waals surface area contributed by atoms with Gasteiger partial charge < -0.3 is 0 Å². The predicted octanol–water partition coefficient (Wildman–Crippen LogP) is 3.38. The highest BCUT2D eigenvalue weighted by atomic mass is 79.9. The fourth-order valence-electron chi connectivity index (χ4n) is 1.78. The third kappa shape index (κ3) is 4.40. The zero-order valence-corrected chi connectivity index (χ0v) is 15.8. The minimum Gasteiger partial charge on any atom is -0.300 e. The van der Waals surface area contributed by atoms with Gasteiger partial charge in [-0.2, -0.15) is 0 Å². The molecule has 1 aromatic carbocycles. The molecule has 0 atom stereocenters. The molecule has 10 heteroatoms. The largest absolute Gasteiger partial charge is 0.300 e. The average Bonchev–Trinajstić information content (AvgIpc) is 3.23. The second-order valence-corrected chi connectivity index (χ2v) is 7.59. The Kier molecular flexibility index (Phi) is 5.59. The number of halogens is 1. The number of nitrogens with one attached hydrogen (secondary N) is 2. The Morgan fingerprint density at radius 1 is 1.33 bits per heavy atom. The van der Waals surface area contributed by atoms with E-state index in [1.165, 1.54) is 23.1 Å². The second kappa shape index (κ2) is 7.86. The van der Waals surface area contributed by atoms with Gasteiger partial charge in [-0.3, -0.25) is 15.2 Å². The number of carbonyl (C=O) groups is 1. The summed E-state index contributed by atoms with van der Waals surface area (Å²) in [6.45, 7) is 1.99. The molecule has 2 N–H and O–H groups in total. The molecular formula is C14H13BrN6OS2. The number of anilines is 1. The number of rotatable bonds is 6. The van der Waals surface area contributed by atoms with Crippen LogP contribution in [-0.4, -0.2) is 37.0 Å². The van der Waals surface area contributed by atoms with E-state index in [1.807, 2.05) is 31.2 Å². The molecule has 2 aromatic heterocycles. The first-order chi connectivity index (χ1) is 11.6. The number of hydrogen-bond acceptors (Lipinski definition) is 7. The van der Waals surface area contributed by atoms with E-state index in [0.717, 1.165) is 21.5 Å². The Morgan fingerprint density at radius 2 is 2.12 bits per heavy atom. The van der Waals surface area contributed by atoms with Gasteiger partial charge in [-0.15, -0.1) is 15.3 Å². The van der Waals surface area contributed by atoms with Crippen molar-refractivity contribution in [3.63, 3.8) is 0 Å². The number of thioether (sulfide) groups is 1. The minimum atomic E-state index is -0.159. The second-order valence-electron chi connectivity index (χ2n) is 4.66. The van der Waals surface area contributed by atoms with Crippen LogP contribution in [-0.2, 0) is 11.2 Å². The van der Waals surface area contributed by atoms with Gasteiger partial charge in [-0.25, -0.2) is 4.98 Å². The average molecular weight is 425 g/mol. The number of amides is 1. The van der Waals surface area contributed by atoms with Crippen LogP contribution in [0.1, 0.15) is 11.9 Å². The lowest BCUT2D eigenvalue weighted by Gasteiger charge is -1.98. The van der Waals surface area contributed by atoms with Crippen LogP contribution in [0.15, 0.2) is 33.9 Å². The highest BCUT2D eigenvalue weighted by molar-refractivity contribution is 9.10. The summed E-state index contributed by atoms with van der Waals surface area (Å²) in [4.78, 5) is 16.3. The number of benzene rings is 1. The van der Waals surface area contributed by atoms with Crippen LogP contribution in [0.2, 0.25) is 0 Å². The van der Waals surface area contributed by atoms with Crippen LogP contribution in [0.4, 0.5) is 5.13 Å². The monoisotopic (exact) mass is 424 g/mol. The van der Waals surface area contributed by atoms with Gasteiger partial charge >= 0.3 is 0 Å². The Hall–Kier alpha value is -1.78. The lowest BCUT2D eigenvalue weighted by Crippen LogP contribution is -2.13. The van der Waals surface area contributed by atoms with Crippen LogP contribution < -0.4 is 5.32 Å². The van der Waals surface area contributed by atoms with E-state index in [9.17, 15) is 4.79 Å². The lowest BCUT2D eigenvalue weighted by molar-refractivity contribution is -0.113. The summed E-state index contributed by atoms with van der Waals surface area (Å²) in [5.41, 5.74) is 0.933. The molecule has 0 bridgehead atoms. The van der Waals surface area contributed by atoms with Gasteiger partial charge in [0.15, 0.2) is 5.82 Å². The lowest BCUT2D eigenvalue weighted by atomic mass is 10.2. The summed E-state index contributed by atoms with van der Waals surface area (Å²) < 4.78 is 1.000. The van der Waals surface area contributed by atoms with E-state index in [4.69, 9.17) is 0 Å². The number of aromatic nitrogens is 5. The van der Waals surface area contributed by atoms with E-state index >= 15 is 0 Å². The first kappa shape index (κ1) is 17.1. The van der Waals surface area contributed by atoms with Crippen molar-refractivity contribution in [1.82, 2.24) is 25.4 Å². The standard InChI is InChI=1S/C14H13BrN6OS2/c1-2-11-18-21-14(24-11)16-10(22)7-23-13-17-12(19-20-13)8-3-5-9(15)6-4-8/h3-6H,2,7H2,1H3,(H,16,21,22)(H,17,19,20). The number of hydrogen-bond donors (Lipinski definition) is 2. The molecule has 0 radical (unpaired) electrons. The topological polar surface area (TPSA) is 96.5 Å². The third-order valence-electron chi connectivity index (χ3n) is 2.93. The van der Waals surface area contributed by atoms with E-state index in [0.29, 0.717) is 16.1 Å². The van der Waals surface area contributed by atoms with Crippen molar-refractivity contribution in [2.24, 2.45) is 0 Å². The SMILES string of the molecule is CCc1nnc(NC(=O)CSc2n[nH]c(-c3ccc(Br)cc3)n2)s1. The maximum atomic E-state index is 11.9. The summed E-state index contributed by atoms with van der Waals surface area (Å²) in [7, 11) is 0. The first-order valence-electron chi connectivity index (χ1n) is 7.07. The molecule has 3 rings (SSSR count). The Bertz CT molecular complexity index is 832. The summed E-state index contributed by atoms with van der Waals surface area (Å²) in [5.74, 6) is 0.717. The van der Waals surface area contributed by atoms with E-state index in [1.54, 1.807) is 0 Å². The number of H-pyrrole nitrogens is 1. The van der Waals surface area contributed by atoms with Gasteiger partial charge in [0.25, 0.3) is 0 Å². The quantitative estimate of drug-likeness (QED) is 0.588. The highest BCUT2D eigenvalue weighted by Crippen LogP contribution is 2.21. The van der Waals surface area contributed by atoms with Crippen LogP contribution in [0.25, 0.3) is 11.4 Å². The van der Waals surface area contributed by atoms with Gasteiger partial charge in [0.2, 0.25) is 16.2 Å². The molecule has 2 heterocycles. The first-order valence-corrected chi connectivity index (χ1v) is 9.67. The van der Waals surface area contributed by atoms with Crippen LogP contribution >= 0.6 is 39.0 Å². The van der Waals surface area contributed by atoms with Crippen LogP contribution in [0.5, 0.6) is 0 Å². The molecule has 24 heavy (non-hydrogen) atoms. The van der Waals surface area contributed by atoms with E-state index in [2.05, 4.69) is 46.6 Å². The van der Waals surface area contributed by atoms with Gasteiger partial charge in [-0.1, -0.05) is 58.1 Å². The van der Waals surface area contributed by atoms with E-state index < -0.39 is 0 Å². The number of aryl methyl sites for hydroxylation is 1. The highest BCUT2D eigenvalue weighted by Gasteiger charge is 2.11. The maximum absolute atomic E-state index is 11.9. The molecule has 1 amide bonds. The summed E-state index contributed by atoms with van der Waals surface area (Å²) >= 11 is 6.04. The molecule has 0 aliphatic carbocycles. The van der Waals surface area contributed by atoms with Gasteiger partial charge in [0.1, 0.15) is 5.01 Å². The van der Waals surface area contributed by atoms with Crippen molar-refractivity contribution in [2.45, 2.75) is 18.5 Å². The zero-order valence-electron chi connectivity index (χ0n) is 12.6. The van der Waals surface area contributed by atoms with Crippen molar-refractivity contribution in [3.05, 3.63) is 33.7 Å². The molecule has 0 spiro atoms. The molecule has 3 aromatic rings. The minimum absolute atomic E-state index is 0.159. The van der Waals surface area contributed by atoms with Crippen molar-refractivity contribution in [2.75, 3.05) is 11.1 Å². The molecule has 0 fully saturated rings. The van der Waals surface area contributed by atoms with Gasteiger partial charge in [-0.05, 0) is 18.6 Å². The fraction of sp³-hybridized carbons (Fsp3) is 0.214. The molecule has 7 nitrogen and oxygen atoms in total. The molecule has 124 valence electrons. The predicted molar refractivity (Wildman–Crippen MR) is 98.2 cm³/mol. The maximum Gasteiger partial charge on any atom is 0.236 e.